The van der Waals surface area contributed by atoms with Crippen molar-refractivity contribution < 1.29 is 19.7 Å². The van der Waals surface area contributed by atoms with Crippen LogP contribution in [-0.2, 0) is 11.2 Å². The van der Waals surface area contributed by atoms with Gasteiger partial charge in [-0.1, -0.05) is 70.4 Å². The van der Waals surface area contributed by atoms with Crippen molar-refractivity contribution in [3.05, 3.63) is 41.5 Å². The molecule has 3 rings (SSSR count). The lowest BCUT2D eigenvalue weighted by Gasteiger charge is -2.21. The second-order valence-corrected chi connectivity index (χ2v) is 10.1. The van der Waals surface area contributed by atoms with Gasteiger partial charge in [0, 0.05) is 43.3 Å². The summed E-state index contributed by atoms with van der Waals surface area (Å²) in [5.74, 6) is 1.29. The van der Waals surface area contributed by atoms with Gasteiger partial charge in [-0.15, -0.1) is 0 Å². The molecular formula is C29H45NO4. The molecule has 1 saturated carbocycles. The van der Waals surface area contributed by atoms with E-state index in [4.69, 9.17) is 4.74 Å². The van der Waals surface area contributed by atoms with E-state index in [9.17, 15) is 15.0 Å². The Labute approximate surface area is 206 Å². The average molecular weight is 472 g/mol. The standard InChI is InChI=1S/C29H45NO4/c1-4-7-8-13-22(31)16-17-23-25(32)20-26-28(23)24-14-9-11-21(29(24)34-26)12-10-15-27(33)30(18-5-2)19-6-3/h9,11,14,16-17,22-23,25-26,28,31-32H,4-8,10,12-13,15,18-20H2,1-3H3/t22-,23-,25+,26-,28-/m0/s1. The van der Waals surface area contributed by atoms with Crippen molar-refractivity contribution in [3.8, 4) is 5.75 Å². The SMILES string of the molecule is CCCCC[C@H](O)C=C[C@@H]1[C@H]2c3cccc(CCCC(=O)N(CCC)CCC)c3O[C@H]2C[C@H]1O. The molecule has 1 heterocycles. The smallest absolute Gasteiger partial charge is 0.222 e. The molecule has 1 fully saturated rings. The zero-order valence-corrected chi connectivity index (χ0v) is 21.4. The van der Waals surface area contributed by atoms with Gasteiger partial charge >= 0.3 is 0 Å². The third kappa shape index (κ3) is 6.63. The van der Waals surface area contributed by atoms with Gasteiger partial charge in [-0.2, -0.15) is 0 Å². The molecule has 2 N–H and O–H groups in total. The number of aliphatic hydroxyl groups is 2. The molecule has 1 aromatic rings. The molecule has 0 radical (unpaired) electrons. The Kier molecular flexibility index (Phi) is 10.5. The Morgan fingerprint density at radius 1 is 1.15 bits per heavy atom. The largest absolute Gasteiger partial charge is 0.489 e. The fraction of sp³-hybridized carbons (Fsp3) is 0.690. The summed E-state index contributed by atoms with van der Waals surface area (Å²) >= 11 is 0. The Morgan fingerprint density at radius 3 is 2.62 bits per heavy atom. The predicted octanol–water partition coefficient (Wildman–Crippen LogP) is 5.38. The minimum atomic E-state index is -0.455. The molecule has 0 bridgehead atoms. The second kappa shape index (κ2) is 13.3. The molecule has 5 nitrogen and oxygen atoms in total. The van der Waals surface area contributed by atoms with Crippen molar-refractivity contribution in [2.75, 3.05) is 13.1 Å². The Balaban J connectivity index is 1.63. The van der Waals surface area contributed by atoms with E-state index < -0.39 is 12.2 Å². The van der Waals surface area contributed by atoms with Crippen molar-refractivity contribution in [1.82, 2.24) is 4.90 Å². The van der Waals surface area contributed by atoms with E-state index in [2.05, 4.69) is 39.0 Å². The van der Waals surface area contributed by atoms with E-state index in [1.54, 1.807) is 0 Å². The normalized spacial score (nSPS) is 24.1. The van der Waals surface area contributed by atoms with Gasteiger partial charge in [0.05, 0.1) is 12.2 Å². The number of ether oxygens (including phenoxy) is 1. The van der Waals surface area contributed by atoms with E-state index in [1.807, 2.05) is 17.1 Å². The van der Waals surface area contributed by atoms with Gasteiger partial charge in [-0.3, -0.25) is 4.79 Å². The number of fused-ring (bicyclic) bond motifs is 3. The molecule has 2 aliphatic rings. The number of carbonyl (C=O) groups excluding carboxylic acids is 1. The van der Waals surface area contributed by atoms with Crippen molar-refractivity contribution in [3.63, 3.8) is 0 Å². The number of aliphatic hydroxyl groups excluding tert-OH is 2. The summed E-state index contributed by atoms with van der Waals surface area (Å²) in [6.07, 6.45) is 11.8. The number of benzene rings is 1. The van der Waals surface area contributed by atoms with Gasteiger partial charge in [-0.25, -0.2) is 0 Å². The summed E-state index contributed by atoms with van der Waals surface area (Å²) in [6, 6.07) is 6.31. The quantitative estimate of drug-likeness (QED) is 0.282. The molecular weight excluding hydrogens is 426 g/mol. The first-order chi connectivity index (χ1) is 16.5. The maximum Gasteiger partial charge on any atom is 0.222 e. The maximum absolute atomic E-state index is 12.6. The first-order valence-electron chi connectivity index (χ1n) is 13.6. The van der Waals surface area contributed by atoms with E-state index in [0.717, 1.165) is 75.8 Å². The molecule has 34 heavy (non-hydrogen) atoms. The molecule has 0 saturated heterocycles. The van der Waals surface area contributed by atoms with Gasteiger partial charge in [0.2, 0.25) is 5.91 Å². The molecule has 1 amide bonds. The number of rotatable bonds is 14. The third-order valence-electron chi connectivity index (χ3n) is 7.32. The van der Waals surface area contributed by atoms with Crippen molar-refractivity contribution >= 4 is 5.91 Å². The zero-order valence-electron chi connectivity index (χ0n) is 21.4. The third-order valence-corrected chi connectivity index (χ3v) is 7.32. The van der Waals surface area contributed by atoms with Crippen LogP contribution in [0.1, 0.15) is 95.6 Å². The molecule has 5 atom stereocenters. The lowest BCUT2D eigenvalue weighted by atomic mass is 9.86. The van der Waals surface area contributed by atoms with Crippen molar-refractivity contribution in [1.29, 1.82) is 0 Å². The second-order valence-electron chi connectivity index (χ2n) is 10.1. The Morgan fingerprint density at radius 2 is 1.91 bits per heavy atom. The van der Waals surface area contributed by atoms with Crippen LogP contribution in [-0.4, -0.2) is 52.4 Å². The number of hydrogen-bond donors (Lipinski definition) is 2. The van der Waals surface area contributed by atoms with Gasteiger partial charge in [-0.05, 0) is 37.7 Å². The monoisotopic (exact) mass is 471 g/mol. The molecule has 5 heteroatoms. The first kappa shape index (κ1) is 26.7. The van der Waals surface area contributed by atoms with E-state index in [-0.39, 0.29) is 23.8 Å². The Bertz CT molecular complexity index is 801. The van der Waals surface area contributed by atoms with E-state index >= 15 is 0 Å². The van der Waals surface area contributed by atoms with Crippen LogP contribution in [0.15, 0.2) is 30.4 Å². The minimum absolute atomic E-state index is 0.0238. The summed E-state index contributed by atoms with van der Waals surface area (Å²) in [4.78, 5) is 14.6. The van der Waals surface area contributed by atoms with Gasteiger partial charge < -0.3 is 19.8 Å². The Hall–Kier alpha value is -1.85. The van der Waals surface area contributed by atoms with Crippen LogP contribution in [0, 0.1) is 5.92 Å². The molecule has 1 aliphatic carbocycles. The summed E-state index contributed by atoms with van der Waals surface area (Å²) in [6.45, 7) is 8.07. The van der Waals surface area contributed by atoms with E-state index in [1.165, 1.54) is 5.56 Å². The van der Waals surface area contributed by atoms with Crippen LogP contribution >= 0.6 is 0 Å². The predicted molar refractivity (Wildman–Crippen MR) is 137 cm³/mol. The van der Waals surface area contributed by atoms with Crippen LogP contribution in [0.3, 0.4) is 0 Å². The topological polar surface area (TPSA) is 70.0 Å². The average Bonchev–Trinajstić information content (AvgIpc) is 3.32. The number of aryl methyl sites for hydroxylation is 1. The summed E-state index contributed by atoms with van der Waals surface area (Å²) in [5, 5.41) is 21.0. The van der Waals surface area contributed by atoms with E-state index in [0.29, 0.717) is 12.8 Å². The summed E-state index contributed by atoms with van der Waals surface area (Å²) in [7, 11) is 0. The zero-order chi connectivity index (χ0) is 24.5. The summed E-state index contributed by atoms with van der Waals surface area (Å²) < 4.78 is 6.38. The molecule has 0 aromatic heterocycles. The highest BCUT2D eigenvalue weighted by atomic mass is 16.5. The highest BCUT2D eigenvalue weighted by Gasteiger charge is 2.48. The number of hydrogen-bond acceptors (Lipinski definition) is 4. The number of carbonyl (C=O) groups is 1. The fourth-order valence-electron chi connectivity index (χ4n) is 5.61. The fourth-order valence-corrected chi connectivity index (χ4v) is 5.61. The summed E-state index contributed by atoms with van der Waals surface area (Å²) in [5.41, 5.74) is 2.33. The maximum atomic E-state index is 12.6. The van der Waals surface area contributed by atoms with Gasteiger partial charge in [0.1, 0.15) is 11.9 Å². The van der Waals surface area contributed by atoms with Crippen LogP contribution in [0.4, 0.5) is 0 Å². The number of para-hydroxylation sites is 1. The molecule has 1 aromatic carbocycles. The number of nitrogens with zero attached hydrogens (tertiary/aromatic N) is 1. The molecule has 0 spiro atoms. The first-order valence-corrected chi connectivity index (χ1v) is 13.6. The van der Waals surface area contributed by atoms with Crippen molar-refractivity contribution in [2.45, 2.75) is 109 Å². The van der Waals surface area contributed by atoms with Crippen LogP contribution in [0.2, 0.25) is 0 Å². The van der Waals surface area contributed by atoms with Crippen LogP contribution in [0.25, 0.3) is 0 Å². The molecule has 190 valence electrons. The number of unbranched alkanes of at least 4 members (excludes halogenated alkanes) is 2. The van der Waals surface area contributed by atoms with Crippen molar-refractivity contribution in [2.24, 2.45) is 5.92 Å². The van der Waals surface area contributed by atoms with Crippen LogP contribution in [0.5, 0.6) is 5.75 Å². The lowest BCUT2D eigenvalue weighted by molar-refractivity contribution is -0.131. The molecule has 1 aliphatic heterocycles. The van der Waals surface area contributed by atoms with Gasteiger partial charge in [0.15, 0.2) is 0 Å². The lowest BCUT2D eigenvalue weighted by Crippen LogP contribution is -2.32. The highest BCUT2D eigenvalue weighted by Crippen LogP contribution is 2.52. The van der Waals surface area contributed by atoms with Gasteiger partial charge in [0.25, 0.3) is 0 Å². The van der Waals surface area contributed by atoms with Crippen LogP contribution < -0.4 is 4.74 Å². The highest BCUT2D eigenvalue weighted by molar-refractivity contribution is 5.76. The molecule has 0 unspecified atom stereocenters. The minimum Gasteiger partial charge on any atom is -0.489 e. The number of amides is 1.